The Morgan fingerprint density at radius 3 is 2.75 bits per heavy atom. The number of Topliss-reactive ketones (excluding diaryl/α,β-unsaturated/α-hetero) is 1. The second-order valence-electron chi connectivity index (χ2n) is 5.84. The van der Waals surface area contributed by atoms with Crippen molar-refractivity contribution in [3.63, 3.8) is 0 Å². The van der Waals surface area contributed by atoms with Crippen LogP contribution in [0.4, 0.5) is 0 Å². The average Bonchev–Trinajstić information content (AvgIpc) is 2.96. The van der Waals surface area contributed by atoms with Gasteiger partial charge in [-0.3, -0.25) is 9.59 Å². The van der Waals surface area contributed by atoms with Crippen LogP contribution in [0.3, 0.4) is 0 Å². The van der Waals surface area contributed by atoms with E-state index in [1.54, 1.807) is 41.7 Å². The molecule has 1 aliphatic rings. The first kappa shape index (κ1) is 16.2. The number of carbonyl (C=O) groups excluding carboxylic acids is 2. The summed E-state index contributed by atoms with van der Waals surface area (Å²) < 4.78 is 7.66. The second-order valence-corrected chi connectivity index (χ2v) is 5.84. The van der Waals surface area contributed by atoms with Gasteiger partial charge in [0.2, 0.25) is 0 Å². The Hall–Kier alpha value is -2.63. The molecule has 0 saturated heterocycles. The molecule has 0 bridgehead atoms. The minimum atomic E-state index is -0.0432. The lowest BCUT2D eigenvalue weighted by Gasteiger charge is -2.20. The number of nitrogens with zero attached hydrogens (tertiary/aromatic N) is 3. The van der Waals surface area contributed by atoms with E-state index in [0.29, 0.717) is 30.8 Å². The molecule has 1 aromatic carbocycles. The van der Waals surface area contributed by atoms with Crippen LogP contribution in [-0.2, 0) is 17.9 Å². The Bertz CT molecular complexity index is 721. The molecule has 0 aliphatic carbocycles. The number of aromatic nitrogens is 2. The molecule has 0 atom stereocenters. The van der Waals surface area contributed by atoms with E-state index in [4.69, 9.17) is 4.74 Å². The van der Waals surface area contributed by atoms with Gasteiger partial charge in [0.15, 0.2) is 12.4 Å². The topological polar surface area (TPSA) is 64.4 Å². The van der Waals surface area contributed by atoms with Gasteiger partial charge in [-0.25, -0.2) is 4.98 Å². The van der Waals surface area contributed by atoms with Crippen molar-refractivity contribution >= 4 is 11.7 Å². The Labute approximate surface area is 141 Å². The van der Waals surface area contributed by atoms with Gasteiger partial charge in [-0.2, -0.15) is 0 Å². The molecule has 0 unspecified atom stereocenters. The molecule has 0 spiro atoms. The van der Waals surface area contributed by atoms with Gasteiger partial charge in [-0.1, -0.05) is 6.92 Å². The SMILES string of the molecule is CCC(=O)c1ccc(OCC(=O)N2CCCn3cncc3C2)cc1. The molecule has 1 aliphatic heterocycles. The molecular weight excluding hydrogens is 306 g/mol. The van der Waals surface area contributed by atoms with E-state index in [-0.39, 0.29) is 18.3 Å². The quantitative estimate of drug-likeness (QED) is 0.790. The second kappa shape index (κ2) is 7.29. The van der Waals surface area contributed by atoms with Crippen LogP contribution in [0.1, 0.15) is 35.8 Å². The van der Waals surface area contributed by atoms with Crippen molar-refractivity contribution in [1.82, 2.24) is 14.5 Å². The van der Waals surface area contributed by atoms with Gasteiger partial charge in [0.05, 0.1) is 18.6 Å². The minimum Gasteiger partial charge on any atom is -0.484 e. The lowest BCUT2D eigenvalue weighted by molar-refractivity contribution is -0.134. The molecule has 0 radical (unpaired) electrons. The lowest BCUT2D eigenvalue weighted by atomic mass is 10.1. The van der Waals surface area contributed by atoms with E-state index in [1.165, 1.54) is 0 Å². The van der Waals surface area contributed by atoms with Crippen molar-refractivity contribution in [2.75, 3.05) is 13.2 Å². The maximum absolute atomic E-state index is 12.4. The fraction of sp³-hybridized carbons (Fsp3) is 0.389. The molecule has 1 aromatic heterocycles. The molecule has 0 saturated carbocycles. The van der Waals surface area contributed by atoms with Gasteiger partial charge >= 0.3 is 0 Å². The summed E-state index contributed by atoms with van der Waals surface area (Å²) in [7, 11) is 0. The van der Waals surface area contributed by atoms with Gasteiger partial charge in [-0.05, 0) is 30.7 Å². The van der Waals surface area contributed by atoms with Crippen LogP contribution < -0.4 is 4.74 Å². The van der Waals surface area contributed by atoms with Crippen molar-refractivity contribution in [2.45, 2.75) is 32.9 Å². The molecular formula is C18H21N3O3. The van der Waals surface area contributed by atoms with Crippen LogP contribution in [0.15, 0.2) is 36.8 Å². The van der Waals surface area contributed by atoms with E-state index >= 15 is 0 Å². The maximum atomic E-state index is 12.4. The molecule has 6 nitrogen and oxygen atoms in total. The van der Waals surface area contributed by atoms with E-state index < -0.39 is 0 Å². The van der Waals surface area contributed by atoms with Crippen molar-refractivity contribution in [1.29, 1.82) is 0 Å². The molecule has 6 heteroatoms. The van der Waals surface area contributed by atoms with Gasteiger partial charge in [0.25, 0.3) is 5.91 Å². The Kier molecular flexibility index (Phi) is 4.93. The zero-order valence-electron chi connectivity index (χ0n) is 13.8. The summed E-state index contributed by atoms with van der Waals surface area (Å²) in [6, 6.07) is 6.92. The number of benzene rings is 1. The van der Waals surface area contributed by atoms with Crippen molar-refractivity contribution in [2.24, 2.45) is 0 Å². The predicted octanol–water partition coefficient (Wildman–Crippen LogP) is 2.29. The summed E-state index contributed by atoms with van der Waals surface area (Å²) in [5, 5.41) is 0. The zero-order chi connectivity index (χ0) is 16.9. The molecule has 126 valence electrons. The summed E-state index contributed by atoms with van der Waals surface area (Å²) in [6.45, 7) is 3.99. The van der Waals surface area contributed by atoms with Crippen LogP contribution in [0, 0.1) is 0 Å². The third-order valence-electron chi connectivity index (χ3n) is 4.19. The van der Waals surface area contributed by atoms with Crippen LogP contribution >= 0.6 is 0 Å². The fourth-order valence-corrected chi connectivity index (χ4v) is 2.78. The summed E-state index contributed by atoms with van der Waals surface area (Å²) in [4.78, 5) is 29.9. The monoisotopic (exact) mass is 327 g/mol. The minimum absolute atomic E-state index is 0.00475. The average molecular weight is 327 g/mol. The first-order valence-corrected chi connectivity index (χ1v) is 8.20. The van der Waals surface area contributed by atoms with Crippen LogP contribution in [0.25, 0.3) is 0 Å². The summed E-state index contributed by atoms with van der Waals surface area (Å²) in [5.74, 6) is 0.646. The largest absolute Gasteiger partial charge is 0.484 e. The highest BCUT2D eigenvalue weighted by molar-refractivity contribution is 5.95. The van der Waals surface area contributed by atoms with Gasteiger partial charge in [0, 0.05) is 31.3 Å². The number of fused-ring (bicyclic) bond motifs is 1. The molecule has 0 fully saturated rings. The number of rotatable bonds is 5. The summed E-state index contributed by atoms with van der Waals surface area (Å²) >= 11 is 0. The van der Waals surface area contributed by atoms with E-state index in [2.05, 4.69) is 9.55 Å². The molecule has 2 heterocycles. The third kappa shape index (κ3) is 3.64. The first-order valence-electron chi connectivity index (χ1n) is 8.20. The number of carbonyl (C=O) groups is 2. The fourth-order valence-electron chi connectivity index (χ4n) is 2.78. The summed E-state index contributed by atoms with van der Waals surface area (Å²) in [6.07, 6.45) is 4.99. The van der Waals surface area contributed by atoms with Crippen LogP contribution in [-0.4, -0.2) is 39.3 Å². The van der Waals surface area contributed by atoms with Crippen molar-refractivity contribution in [3.05, 3.63) is 48.0 Å². The van der Waals surface area contributed by atoms with Crippen LogP contribution in [0.2, 0.25) is 0 Å². The van der Waals surface area contributed by atoms with Crippen molar-refractivity contribution in [3.8, 4) is 5.75 Å². The highest BCUT2D eigenvalue weighted by atomic mass is 16.5. The number of ketones is 1. The van der Waals surface area contributed by atoms with Crippen LogP contribution in [0.5, 0.6) is 5.75 Å². The molecule has 24 heavy (non-hydrogen) atoms. The molecule has 2 aromatic rings. The third-order valence-corrected chi connectivity index (χ3v) is 4.19. The Balaban J connectivity index is 1.56. The zero-order valence-corrected chi connectivity index (χ0v) is 13.8. The number of ether oxygens (including phenoxy) is 1. The lowest BCUT2D eigenvalue weighted by Crippen LogP contribution is -2.34. The number of aryl methyl sites for hydroxylation is 1. The Morgan fingerprint density at radius 2 is 2.00 bits per heavy atom. The number of amides is 1. The predicted molar refractivity (Wildman–Crippen MR) is 88.8 cm³/mol. The number of hydrogen-bond donors (Lipinski definition) is 0. The maximum Gasteiger partial charge on any atom is 0.260 e. The first-order chi connectivity index (χ1) is 11.7. The summed E-state index contributed by atoms with van der Waals surface area (Å²) in [5.41, 5.74) is 1.71. The normalized spacial score (nSPS) is 14.0. The van der Waals surface area contributed by atoms with Crippen molar-refractivity contribution < 1.29 is 14.3 Å². The van der Waals surface area contributed by atoms with E-state index in [9.17, 15) is 9.59 Å². The van der Waals surface area contributed by atoms with Gasteiger partial charge in [-0.15, -0.1) is 0 Å². The smallest absolute Gasteiger partial charge is 0.260 e. The molecule has 3 rings (SSSR count). The highest BCUT2D eigenvalue weighted by Crippen LogP contribution is 2.15. The van der Waals surface area contributed by atoms with E-state index in [1.807, 2.05) is 6.92 Å². The van der Waals surface area contributed by atoms with E-state index in [0.717, 1.165) is 18.7 Å². The van der Waals surface area contributed by atoms with Gasteiger partial charge in [0.1, 0.15) is 5.75 Å². The number of hydrogen-bond acceptors (Lipinski definition) is 4. The standard InChI is InChI=1S/C18H21N3O3/c1-2-17(22)14-4-6-16(7-5-14)24-12-18(23)20-8-3-9-21-13-19-10-15(21)11-20/h4-7,10,13H,2-3,8-9,11-12H2,1H3. The highest BCUT2D eigenvalue weighted by Gasteiger charge is 2.19. The Morgan fingerprint density at radius 1 is 1.21 bits per heavy atom. The number of imidazole rings is 1. The molecule has 1 amide bonds. The molecule has 0 N–H and O–H groups in total. The van der Waals surface area contributed by atoms with Gasteiger partial charge < -0.3 is 14.2 Å².